The van der Waals surface area contributed by atoms with Gasteiger partial charge in [0.1, 0.15) is 39.5 Å². The van der Waals surface area contributed by atoms with Crippen LogP contribution in [0.4, 0.5) is 74.6 Å². The van der Waals surface area contributed by atoms with E-state index in [0.717, 1.165) is 0 Å². The van der Waals surface area contributed by atoms with Crippen molar-refractivity contribution in [3.63, 3.8) is 0 Å². The van der Waals surface area contributed by atoms with Gasteiger partial charge >= 0.3 is 30.9 Å². The third-order valence-electron chi connectivity index (χ3n) is 4.62. The second-order valence-corrected chi connectivity index (χ2v) is 7.74. The van der Waals surface area contributed by atoms with Crippen molar-refractivity contribution in [1.82, 2.24) is 0 Å². The van der Waals surface area contributed by atoms with E-state index in [9.17, 15) is 79.7 Å². The van der Waals surface area contributed by atoms with E-state index >= 15 is 0 Å². The molecule has 0 heterocycles. The topological polar surface area (TPSA) is 38.7 Å². The molecule has 0 aliphatic rings. The molecular weight excluding hydrogens is 611 g/mol. The van der Waals surface area contributed by atoms with Crippen molar-refractivity contribution in [3.8, 4) is 23.0 Å². The average Bonchev–Trinajstić information content (AvgIpc) is 2.68. The molecule has 0 aliphatic heterocycles. The Balaban J connectivity index is 2.86. The second-order valence-electron chi connectivity index (χ2n) is 7.74. The van der Waals surface area contributed by atoms with E-state index < -0.39 is 88.2 Å². The van der Waals surface area contributed by atoms with Gasteiger partial charge in [0, 0.05) is 6.92 Å². The quantitative estimate of drug-likeness (QED) is 0.339. The van der Waals surface area contributed by atoms with Crippen LogP contribution in [0.25, 0.3) is 0 Å². The van der Waals surface area contributed by atoms with Crippen molar-refractivity contribution >= 4 is 0 Å². The van der Waals surface area contributed by atoms with Gasteiger partial charge in [0.25, 0.3) is 12.0 Å². The van der Waals surface area contributed by atoms with Crippen molar-refractivity contribution in [3.05, 3.63) is 46.5 Å². The highest BCUT2D eigenvalue weighted by molar-refractivity contribution is 5.63. The van der Waals surface area contributed by atoms with Crippen molar-refractivity contribution in [2.24, 2.45) is 0 Å². The summed E-state index contributed by atoms with van der Waals surface area (Å²) in [7, 11) is 0. The largest absolute Gasteiger partial charge is 0.507 e. The predicted octanol–water partition coefficient (Wildman–Crippen LogP) is 9.22. The summed E-state index contributed by atoms with van der Waals surface area (Å²) in [5.74, 6) is -13.8. The zero-order valence-electron chi connectivity index (χ0n) is 18.6. The molecule has 3 nitrogen and oxygen atoms in total. The van der Waals surface area contributed by atoms with E-state index in [1.165, 1.54) is 0 Å². The van der Waals surface area contributed by atoms with Crippen molar-refractivity contribution in [1.29, 1.82) is 0 Å². The molecule has 226 valence electrons. The molecular formula is C20H9F17O3. The number of alkyl halides is 17. The number of phenolic OH excluding ortho intramolecular Hbond substituents is 1. The standard InChI is InChI=1S/C20H9F17O3/c1-15(21,22)14(20(35,36)37)40-7-4-2-6(3-5-7)39-13-10(18(29,30)31)8(16(23,24)25)12(38)9(17(26,27)28)11(13)19(32,33)34/h2-5,14,38H,1H3. The lowest BCUT2D eigenvalue weighted by molar-refractivity contribution is -0.254. The first-order valence-corrected chi connectivity index (χ1v) is 9.68. The van der Waals surface area contributed by atoms with Gasteiger partial charge in [0.15, 0.2) is 5.75 Å². The average molecular weight is 620 g/mol. The minimum atomic E-state index is -6.56. The lowest BCUT2D eigenvalue weighted by Gasteiger charge is -2.27. The summed E-state index contributed by atoms with van der Waals surface area (Å²) in [5, 5.41) is 9.43. The van der Waals surface area contributed by atoms with E-state index in [0.29, 0.717) is 0 Å². The number of hydrogen-bond acceptors (Lipinski definition) is 3. The fraction of sp³-hybridized carbons (Fsp3) is 0.400. The summed E-state index contributed by atoms with van der Waals surface area (Å²) in [6.07, 6.45) is -35.8. The summed E-state index contributed by atoms with van der Waals surface area (Å²) in [5.41, 5.74) is -14.2. The van der Waals surface area contributed by atoms with Crippen LogP contribution in [-0.2, 0) is 24.7 Å². The molecule has 0 spiro atoms. The number of rotatable bonds is 5. The fourth-order valence-corrected chi connectivity index (χ4v) is 3.21. The number of phenols is 1. The Morgan fingerprint density at radius 1 is 0.550 bits per heavy atom. The highest BCUT2D eigenvalue weighted by Gasteiger charge is 2.58. The molecule has 0 saturated carbocycles. The third-order valence-corrected chi connectivity index (χ3v) is 4.62. The number of aromatic hydroxyl groups is 1. The van der Waals surface area contributed by atoms with E-state index in [2.05, 4.69) is 9.47 Å². The molecule has 2 aromatic rings. The van der Waals surface area contributed by atoms with Gasteiger partial charge in [0.2, 0.25) is 0 Å². The van der Waals surface area contributed by atoms with Crippen molar-refractivity contribution in [2.45, 2.75) is 49.8 Å². The van der Waals surface area contributed by atoms with Crippen LogP contribution in [-0.4, -0.2) is 23.3 Å². The first kappa shape index (κ1) is 32.9. The Hall–Kier alpha value is -3.35. The molecule has 40 heavy (non-hydrogen) atoms. The van der Waals surface area contributed by atoms with E-state index in [1.54, 1.807) is 0 Å². The first-order chi connectivity index (χ1) is 17.6. The summed E-state index contributed by atoms with van der Waals surface area (Å²) >= 11 is 0. The van der Waals surface area contributed by atoms with Crippen LogP contribution in [0.5, 0.6) is 23.0 Å². The van der Waals surface area contributed by atoms with E-state index in [1.807, 2.05) is 0 Å². The second kappa shape index (κ2) is 9.93. The van der Waals surface area contributed by atoms with Gasteiger partial charge in [0.05, 0.1) is 0 Å². The molecule has 2 aromatic carbocycles. The molecule has 0 fully saturated rings. The molecule has 1 unspecified atom stereocenters. The van der Waals surface area contributed by atoms with Crippen LogP contribution in [0, 0.1) is 0 Å². The minimum Gasteiger partial charge on any atom is -0.507 e. The third kappa shape index (κ3) is 7.04. The lowest BCUT2D eigenvalue weighted by Crippen LogP contribution is -2.47. The Morgan fingerprint density at radius 3 is 1.15 bits per heavy atom. The maximum Gasteiger partial charge on any atom is 0.431 e. The Labute approximate surface area is 209 Å². The number of hydrogen-bond donors (Lipinski definition) is 1. The van der Waals surface area contributed by atoms with Gasteiger partial charge in [-0.2, -0.15) is 65.9 Å². The van der Waals surface area contributed by atoms with Crippen LogP contribution in [0.15, 0.2) is 24.3 Å². The Bertz CT molecular complexity index is 1140. The SMILES string of the molecule is CC(F)(F)C(Oc1ccc(Oc2c(C(F)(F)F)c(C(F)(F)F)c(O)c(C(F)(F)F)c2C(F)(F)F)cc1)C(F)(F)F. The Kier molecular flexibility index (Phi) is 8.16. The molecule has 0 aliphatic carbocycles. The van der Waals surface area contributed by atoms with Gasteiger partial charge in [-0.15, -0.1) is 0 Å². The lowest BCUT2D eigenvalue weighted by atomic mass is 9.93. The number of ether oxygens (including phenoxy) is 2. The zero-order chi connectivity index (χ0) is 31.4. The van der Waals surface area contributed by atoms with Gasteiger partial charge in [-0.05, 0) is 24.3 Å². The molecule has 0 radical (unpaired) electrons. The van der Waals surface area contributed by atoms with Crippen molar-refractivity contribution in [2.75, 3.05) is 0 Å². The maximum absolute atomic E-state index is 13.6. The maximum atomic E-state index is 13.6. The summed E-state index contributed by atoms with van der Waals surface area (Å²) in [6.45, 7) is -0.221. The zero-order valence-corrected chi connectivity index (χ0v) is 18.6. The predicted molar refractivity (Wildman–Crippen MR) is 95.7 cm³/mol. The van der Waals surface area contributed by atoms with Crippen LogP contribution >= 0.6 is 0 Å². The van der Waals surface area contributed by atoms with Gasteiger partial charge in [-0.25, -0.2) is 8.78 Å². The normalized spacial score (nSPS) is 14.8. The smallest absolute Gasteiger partial charge is 0.431 e. The number of halogens is 17. The minimum absolute atomic E-state index is 0.101. The van der Waals surface area contributed by atoms with Gasteiger partial charge < -0.3 is 14.6 Å². The summed E-state index contributed by atoms with van der Waals surface area (Å²) in [4.78, 5) is 0. The summed E-state index contributed by atoms with van der Waals surface area (Å²) in [6, 6.07) is 0.556. The molecule has 1 atom stereocenters. The van der Waals surface area contributed by atoms with Crippen LogP contribution in [0.1, 0.15) is 29.2 Å². The van der Waals surface area contributed by atoms with Gasteiger partial charge in [-0.1, -0.05) is 0 Å². The molecule has 0 amide bonds. The molecule has 20 heteroatoms. The van der Waals surface area contributed by atoms with Crippen LogP contribution in [0.3, 0.4) is 0 Å². The highest BCUT2D eigenvalue weighted by Crippen LogP contribution is 2.59. The Morgan fingerprint density at radius 2 is 0.875 bits per heavy atom. The molecule has 0 aromatic heterocycles. The monoisotopic (exact) mass is 620 g/mol. The molecule has 0 bridgehead atoms. The highest BCUT2D eigenvalue weighted by atomic mass is 19.4. The molecule has 2 rings (SSSR count). The number of benzene rings is 2. The van der Waals surface area contributed by atoms with Gasteiger partial charge in [-0.3, -0.25) is 0 Å². The van der Waals surface area contributed by atoms with Crippen LogP contribution < -0.4 is 9.47 Å². The molecule has 1 N–H and O–H groups in total. The molecule has 0 saturated heterocycles. The van der Waals surface area contributed by atoms with Crippen LogP contribution in [0.2, 0.25) is 0 Å². The fourth-order valence-electron chi connectivity index (χ4n) is 3.21. The summed E-state index contributed by atoms with van der Waals surface area (Å²) < 4.78 is 235. The van der Waals surface area contributed by atoms with E-state index in [-0.39, 0.29) is 31.2 Å². The van der Waals surface area contributed by atoms with E-state index in [4.69, 9.17) is 0 Å². The first-order valence-electron chi connectivity index (χ1n) is 9.68. The van der Waals surface area contributed by atoms with Crippen molar-refractivity contribution < 1.29 is 89.2 Å².